The summed E-state index contributed by atoms with van der Waals surface area (Å²) in [5.41, 5.74) is 1.92. The number of pyridine rings is 1. The molecule has 3 aromatic rings. The zero-order valence-electron chi connectivity index (χ0n) is 22.1. The number of rotatable bonds is 11. The van der Waals surface area contributed by atoms with E-state index in [1.54, 1.807) is 79.9 Å². The first-order chi connectivity index (χ1) is 18.9. The SMILES string of the molecule is CCCCCOc1ccc(/C(O)=C2\C(=O)C(=O)N(Cc3ccc(C(=O)OCC)cc3)C2c2ccccn2)cc1. The molecule has 0 aliphatic carbocycles. The van der Waals surface area contributed by atoms with Gasteiger partial charge in [0, 0.05) is 18.3 Å². The maximum atomic E-state index is 13.3. The molecule has 1 fully saturated rings. The summed E-state index contributed by atoms with van der Waals surface area (Å²) in [7, 11) is 0. The Morgan fingerprint density at radius 3 is 2.31 bits per heavy atom. The van der Waals surface area contributed by atoms with Crippen molar-refractivity contribution in [3.05, 3.63) is 101 Å². The number of ketones is 1. The van der Waals surface area contributed by atoms with Crippen molar-refractivity contribution in [1.29, 1.82) is 0 Å². The van der Waals surface area contributed by atoms with Crippen molar-refractivity contribution in [3.63, 3.8) is 0 Å². The van der Waals surface area contributed by atoms with Crippen LogP contribution in [0.15, 0.2) is 78.5 Å². The Labute approximate surface area is 227 Å². The van der Waals surface area contributed by atoms with E-state index in [9.17, 15) is 19.5 Å². The van der Waals surface area contributed by atoms with E-state index in [1.165, 1.54) is 4.90 Å². The first-order valence-corrected chi connectivity index (χ1v) is 13.1. The lowest BCUT2D eigenvalue weighted by Crippen LogP contribution is -2.29. The normalized spacial score (nSPS) is 16.4. The number of Topliss-reactive ketones (excluding diaryl/α,β-unsaturated/α-hetero) is 1. The predicted octanol–water partition coefficient (Wildman–Crippen LogP) is 5.45. The number of unbranched alkanes of at least 4 members (excludes halogenated alkanes) is 2. The van der Waals surface area contributed by atoms with Crippen LogP contribution in [0.4, 0.5) is 0 Å². The van der Waals surface area contributed by atoms with Gasteiger partial charge in [0.15, 0.2) is 0 Å². The van der Waals surface area contributed by atoms with Crippen LogP contribution >= 0.6 is 0 Å². The summed E-state index contributed by atoms with van der Waals surface area (Å²) in [6, 6.07) is 17.8. The van der Waals surface area contributed by atoms with Crippen molar-refractivity contribution in [2.75, 3.05) is 13.2 Å². The van der Waals surface area contributed by atoms with Gasteiger partial charge < -0.3 is 19.5 Å². The van der Waals surface area contributed by atoms with E-state index in [-0.39, 0.29) is 24.5 Å². The number of carbonyl (C=O) groups is 3. The number of aliphatic hydroxyl groups excluding tert-OH is 1. The number of esters is 1. The molecule has 1 amide bonds. The minimum Gasteiger partial charge on any atom is -0.507 e. The van der Waals surface area contributed by atoms with E-state index in [1.807, 2.05) is 0 Å². The summed E-state index contributed by atoms with van der Waals surface area (Å²) >= 11 is 0. The molecule has 8 nitrogen and oxygen atoms in total. The van der Waals surface area contributed by atoms with Crippen LogP contribution in [0.5, 0.6) is 5.75 Å². The first kappa shape index (κ1) is 27.6. The second kappa shape index (κ2) is 12.9. The number of amides is 1. The molecule has 0 spiro atoms. The average molecular weight is 529 g/mol. The van der Waals surface area contributed by atoms with Crippen LogP contribution in [0.1, 0.15) is 66.3 Å². The van der Waals surface area contributed by atoms with Gasteiger partial charge in [-0.1, -0.05) is 38.0 Å². The lowest BCUT2D eigenvalue weighted by atomic mass is 9.98. The van der Waals surface area contributed by atoms with Crippen molar-refractivity contribution in [3.8, 4) is 5.75 Å². The molecule has 8 heteroatoms. The maximum absolute atomic E-state index is 13.3. The summed E-state index contributed by atoms with van der Waals surface area (Å²) in [5.74, 6) is -1.57. The summed E-state index contributed by atoms with van der Waals surface area (Å²) in [5, 5.41) is 11.3. The number of nitrogens with zero attached hydrogens (tertiary/aromatic N) is 2. The fourth-order valence-corrected chi connectivity index (χ4v) is 4.45. The highest BCUT2D eigenvalue weighted by atomic mass is 16.5. The first-order valence-electron chi connectivity index (χ1n) is 13.1. The highest BCUT2D eigenvalue weighted by molar-refractivity contribution is 6.46. The summed E-state index contributed by atoms with van der Waals surface area (Å²) in [6.07, 6.45) is 4.72. The Morgan fingerprint density at radius 2 is 1.67 bits per heavy atom. The van der Waals surface area contributed by atoms with E-state index in [4.69, 9.17) is 9.47 Å². The third kappa shape index (κ3) is 6.34. The van der Waals surface area contributed by atoms with E-state index < -0.39 is 23.7 Å². The van der Waals surface area contributed by atoms with Gasteiger partial charge in [0.25, 0.3) is 11.7 Å². The number of carbonyl (C=O) groups excluding carboxylic acids is 3. The minimum atomic E-state index is -0.888. The largest absolute Gasteiger partial charge is 0.507 e. The van der Waals surface area contributed by atoms with Crippen molar-refractivity contribution in [1.82, 2.24) is 9.88 Å². The highest BCUT2D eigenvalue weighted by Gasteiger charge is 2.46. The predicted molar refractivity (Wildman–Crippen MR) is 146 cm³/mol. The second-order valence-electron chi connectivity index (χ2n) is 9.18. The zero-order valence-corrected chi connectivity index (χ0v) is 22.1. The standard InChI is InChI=1S/C31H32N2O6/c1-3-5-8-19-39-24-16-14-22(15-17-24)28(34)26-27(25-9-6-7-18-32-25)33(30(36)29(26)35)20-21-10-12-23(13-11-21)31(37)38-4-2/h6-7,9-18,27,34H,3-5,8,19-20H2,1-2H3/b28-26+. The molecule has 1 N–H and O–H groups in total. The monoisotopic (exact) mass is 528 g/mol. The van der Waals surface area contributed by atoms with E-state index in [0.717, 1.165) is 19.3 Å². The number of benzene rings is 2. The van der Waals surface area contributed by atoms with Gasteiger partial charge in [-0.3, -0.25) is 14.6 Å². The molecule has 1 aliphatic rings. The molecule has 0 radical (unpaired) electrons. The Kier molecular flexibility index (Phi) is 9.10. The van der Waals surface area contributed by atoms with Crippen LogP contribution in [-0.4, -0.2) is 45.9 Å². The summed E-state index contributed by atoms with van der Waals surface area (Å²) in [6.45, 7) is 4.81. The van der Waals surface area contributed by atoms with Crippen molar-refractivity contribution in [2.24, 2.45) is 0 Å². The fourth-order valence-electron chi connectivity index (χ4n) is 4.45. The summed E-state index contributed by atoms with van der Waals surface area (Å²) in [4.78, 5) is 44.3. The van der Waals surface area contributed by atoms with E-state index in [0.29, 0.717) is 34.7 Å². The molecular weight excluding hydrogens is 496 g/mol. The smallest absolute Gasteiger partial charge is 0.338 e. The van der Waals surface area contributed by atoms with E-state index >= 15 is 0 Å². The molecule has 2 aromatic carbocycles. The molecule has 1 aliphatic heterocycles. The topological polar surface area (TPSA) is 106 Å². The van der Waals surface area contributed by atoms with Crippen LogP contribution < -0.4 is 4.74 Å². The molecule has 2 heterocycles. The number of aliphatic hydroxyl groups is 1. The molecule has 0 saturated carbocycles. The van der Waals surface area contributed by atoms with Crippen LogP contribution in [0.25, 0.3) is 5.76 Å². The van der Waals surface area contributed by atoms with E-state index in [2.05, 4.69) is 11.9 Å². The third-order valence-electron chi connectivity index (χ3n) is 6.47. The molecule has 202 valence electrons. The van der Waals surface area contributed by atoms with Crippen LogP contribution in [-0.2, 0) is 20.9 Å². The van der Waals surface area contributed by atoms with Gasteiger partial charge in [-0.05, 0) is 67.4 Å². The number of ether oxygens (including phenoxy) is 2. The third-order valence-corrected chi connectivity index (χ3v) is 6.47. The van der Waals surface area contributed by atoms with Gasteiger partial charge in [0.1, 0.15) is 17.6 Å². The fraction of sp³-hybridized carbons (Fsp3) is 0.290. The molecule has 0 bridgehead atoms. The number of likely N-dealkylation sites (tertiary alicyclic amines) is 1. The Bertz CT molecular complexity index is 1330. The lowest BCUT2D eigenvalue weighted by Gasteiger charge is -2.24. The molecular formula is C31H32N2O6. The van der Waals surface area contributed by atoms with Gasteiger partial charge in [-0.2, -0.15) is 0 Å². The van der Waals surface area contributed by atoms with Gasteiger partial charge in [0.05, 0.1) is 30.0 Å². The van der Waals surface area contributed by atoms with Gasteiger partial charge in [-0.25, -0.2) is 4.79 Å². The van der Waals surface area contributed by atoms with Crippen LogP contribution in [0, 0.1) is 0 Å². The molecule has 1 saturated heterocycles. The van der Waals surface area contributed by atoms with Crippen LogP contribution in [0.3, 0.4) is 0 Å². The number of hydrogen-bond donors (Lipinski definition) is 1. The Balaban J connectivity index is 1.64. The quantitative estimate of drug-likeness (QED) is 0.116. The highest BCUT2D eigenvalue weighted by Crippen LogP contribution is 2.39. The zero-order chi connectivity index (χ0) is 27.8. The molecule has 4 rings (SSSR count). The minimum absolute atomic E-state index is 0.0292. The van der Waals surface area contributed by atoms with Gasteiger partial charge in [-0.15, -0.1) is 0 Å². The van der Waals surface area contributed by atoms with Crippen molar-refractivity contribution >= 4 is 23.4 Å². The molecule has 1 unspecified atom stereocenters. The lowest BCUT2D eigenvalue weighted by molar-refractivity contribution is -0.140. The van der Waals surface area contributed by atoms with Gasteiger partial charge in [0.2, 0.25) is 0 Å². The number of aromatic nitrogens is 1. The average Bonchev–Trinajstić information content (AvgIpc) is 3.21. The maximum Gasteiger partial charge on any atom is 0.338 e. The molecule has 1 atom stereocenters. The van der Waals surface area contributed by atoms with Crippen molar-refractivity contribution < 1.29 is 29.0 Å². The Morgan fingerprint density at radius 1 is 0.949 bits per heavy atom. The molecule has 1 aromatic heterocycles. The Hall–Kier alpha value is -4.46. The van der Waals surface area contributed by atoms with Crippen LogP contribution in [0.2, 0.25) is 0 Å². The molecule has 39 heavy (non-hydrogen) atoms. The number of hydrogen-bond acceptors (Lipinski definition) is 7. The van der Waals surface area contributed by atoms with Crippen molar-refractivity contribution in [2.45, 2.75) is 45.7 Å². The second-order valence-corrected chi connectivity index (χ2v) is 9.18. The summed E-state index contributed by atoms with van der Waals surface area (Å²) < 4.78 is 10.8. The van der Waals surface area contributed by atoms with Gasteiger partial charge >= 0.3 is 5.97 Å².